The number of nitrogens with two attached hydrogens (primary N) is 1. The minimum atomic E-state index is -0.435. The number of allylic oxidation sites excluding steroid dienone is 5. The number of ketones is 1. The smallest absolute Gasteiger partial charge is 0.302 e. The number of nitrogens with one attached hydrogen (secondary N) is 1. The molecule has 0 spiro atoms. The number of esters is 1. The zero-order chi connectivity index (χ0) is 30.8. The largest absolute Gasteiger partial charge is 0.462 e. The number of nitrogens with zero attached hydrogens (tertiary/aromatic N) is 1. The van der Waals surface area contributed by atoms with Crippen LogP contribution in [0.2, 0.25) is 0 Å². The Bertz CT molecular complexity index is 1070. The van der Waals surface area contributed by atoms with Crippen LogP contribution in [0.1, 0.15) is 97.3 Å². The van der Waals surface area contributed by atoms with Gasteiger partial charge in [0.05, 0.1) is 23.9 Å². The van der Waals surface area contributed by atoms with Gasteiger partial charge < -0.3 is 25.6 Å². The van der Waals surface area contributed by atoms with Gasteiger partial charge in [-0.25, -0.2) is 0 Å². The van der Waals surface area contributed by atoms with Gasteiger partial charge in [0.2, 0.25) is 0 Å². The van der Waals surface area contributed by atoms with E-state index in [0.717, 1.165) is 57.9 Å². The molecule has 2 fully saturated rings. The van der Waals surface area contributed by atoms with E-state index in [1.54, 1.807) is 7.11 Å². The van der Waals surface area contributed by atoms with E-state index in [2.05, 4.69) is 41.5 Å². The normalized spacial score (nSPS) is 33.0. The third-order valence-electron chi connectivity index (χ3n) is 10.3. The Morgan fingerprint density at radius 3 is 2.77 bits per heavy atom. The van der Waals surface area contributed by atoms with Crippen LogP contribution < -0.4 is 11.1 Å². The standard InChI is InChI=1S/C35H54N3O5/c1-24-6-4-5-15-35(24,21-29-23-37-22-28(29)10-7-27-14-17-38-34(36)19-27)16-13-31(43-25(2)39)20-30(40)11-8-26-9-12-32(41)33(18-26)42-3/h4-6,15,22-24,26-27,31-34,38,41H,7-14,16-21,36H2,1-3H3/q+1/t24-,26?,27?,31-,32?,33?,34?,35+/m1/s1. The van der Waals surface area contributed by atoms with Crippen LogP contribution in [0.15, 0.2) is 40.4 Å². The first-order valence-electron chi connectivity index (χ1n) is 16.5. The summed E-state index contributed by atoms with van der Waals surface area (Å²) in [5.41, 5.74) is 8.61. The number of aliphatic imine (C=N–C) groups is 1. The molecule has 0 bridgehead atoms. The van der Waals surface area contributed by atoms with Crippen LogP contribution in [-0.4, -0.2) is 61.2 Å². The number of aliphatic hydroxyl groups is 1. The molecule has 4 aliphatic rings. The lowest BCUT2D eigenvalue weighted by Gasteiger charge is -2.37. The summed E-state index contributed by atoms with van der Waals surface area (Å²) in [5.74, 6) is 1.09. The number of ether oxygens (including phenoxy) is 2. The molecule has 1 saturated heterocycles. The van der Waals surface area contributed by atoms with Crippen LogP contribution in [0, 0.1) is 29.7 Å². The van der Waals surface area contributed by atoms with E-state index < -0.39 is 12.2 Å². The molecular weight excluding hydrogens is 542 g/mol. The number of aliphatic hydroxyl groups excluding tert-OH is 1. The molecule has 1 saturated carbocycles. The van der Waals surface area contributed by atoms with E-state index in [0.29, 0.717) is 37.0 Å². The first-order chi connectivity index (χ1) is 20.7. The topological polar surface area (TPSA) is 123 Å². The Morgan fingerprint density at radius 2 is 2.02 bits per heavy atom. The lowest BCUT2D eigenvalue weighted by Crippen LogP contribution is -2.44. The van der Waals surface area contributed by atoms with Crippen LogP contribution in [-0.2, 0) is 19.1 Å². The summed E-state index contributed by atoms with van der Waals surface area (Å²) in [5, 5.41) is 13.4. The molecule has 2 heterocycles. The number of piperidine rings is 1. The molecule has 8 atom stereocenters. The second kappa shape index (κ2) is 16.2. The molecule has 0 aromatic heterocycles. The molecule has 4 N–H and O–H groups in total. The zero-order valence-electron chi connectivity index (χ0n) is 26.5. The van der Waals surface area contributed by atoms with E-state index in [9.17, 15) is 14.7 Å². The predicted octanol–water partition coefficient (Wildman–Crippen LogP) is 5.36. The van der Waals surface area contributed by atoms with Gasteiger partial charge in [-0.2, -0.15) is 0 Å². The lowest BCUT2D eigenvalue weighted by atomic mass is 9.66. The molecule has 238 valence electrons. The van der Waals surface area contributed by atoms with E-state index in [4.69, 9.17) is 15.2 Å². The van der Waals surface area contributed by atoms with Crippen LogP contribution in [0.4, 0.5) is 0 Å². The minimum absolute atomic E-state index is 0.0978. The van der Waals surface area contributed by atoms with E-state index in [-0.39, 0.29) is 35.9 Å². The van der Waals surface area contributed by atoms with Crippen molar-refractivity contribution < 1.29 is 24.2 Å². The monoisotopic (exact) mass is 596 g/mol. The fourth-order valence-electron chi connectivity index (χ4n) is 7.52. The predicted molar refractivity (Wildman–Crippen MR) is 170 cm³/mol. The molecule has 0 aromatic rings. The first kappa shape index (κ1) is 33.6. The number of Topliss-reactive ketones (excluding diaryl/α,β-unsaturated/α-hetero) is 1. The highest BCUT2D eigenvalue weighted by Crippen LogP contribution is 2.45. The summed E-state index contributed by atoms with van der Waals surface area (Å²) in [6, 6.07) is 0. The van der Waals surface area contributed by atoms with Crippen molar-refractivity contribution in [3.05, 3.63) is 42.0 Å². The van der Waals surface area contributed by atoms with Crippen molar-refractivity contribution in [2.45, 2.75) is 122 Å². The molecule has 5 unspecified atom stereocenters. The molecule has 0 radical (unpaired) electrons. The van der Waals surface area contributed by atoms with Gasteiger partial charge in [-0.05, 0) is 82.1 Å². The van der Waals surface area contributed by atoms with E-state index >= 15 is 0 Å². The number of hydrogen-bond donors (Lipinski definition) is 3. The van der Waals surface area contributed by atoms with Crippen LogP contribution in [0.5, 0.6) is 0 Å². The highest BCUT2D eigenvalue weighted by molar-refractivity contribution is 5.84. The lowest BCUT2D eigenvalue weighted by molar-refractivity contribution is -0.148. The van der Waals surface area contributed by atoms with Crippen molar-refractivity contribution in [2.24, 2.45) is 33.9 Å². The summed E-state index contributed by atoms with van der Waals surface area (Å²) in [4.78, 5) is 29.7. The fraction of sp³-hybridized carbons (Fsp3) is 0.714. The number of carbonyl (C=O) groups excluding carboxylic acids is 2. The summed E-state index contributed by atoms with van der Waals surface area (Å²) < 4.78 is 11.2. The fourth-order valence-corrected chi connectivity index (χ4v) is 7.52. The maximum Gasteiger partial charge on any atom is 0.302 e. The number of carbonyl (C=O) groups is 2. The van der Waals surface area contributed by atoms with Gasteiger partial charge in [0.15, 0.2) is 6.21 Å². The van der Waals surface area contributed by atoms with Gasteiger partial charge >= 0.3 is 5.97 Å². The summed E-state index contributed by atoms with van der Waals surface area (Å²) in [6.07, 6.45) is 20.4. The second-order valence-corrected chi connectivity index (χ2v) is 13.5. The average Bonchev–Trinajstić information content (AvgIpc) is 3.42. The van der Waals surface area contributed by atoms with Gasteiger partial charge in [-0.15, -0.1) is 4.99 Å². The van der Waals surface area contributed by atoms with Gasteiger partial charge in [0.25, 0.3) is 0 Å². The molecule has 8 heteroatoms. The van der Waals surface area contributed by atoms with E-state index in [1.807, 2.05) is 12.8 Å². The van der Waals surface area contributed by atoms with Crippen LogP contribution in [0.25, 0.3) is 0 Å². The quantitative estimate of drug-likeness (QED) is 0.172. The Balaban J connectivity index is 1.36. The summed E-state index contributed by atoms with van der Waals surface area (Å²) in [6.45, 7) is 6.70. The number of rotatable bonds is 15. The minimum Gasteiger partial charge on any atom is -0.462 e. The second-order valence-electron chi connectivity index (χ2n) is 13.5. The van der Waals surface area contributed by atoms with Crippen LogP contribution >= 0.6 is 0 Å². The molecule has 2 aliphatic heterocycles. The highest BCUT2D eigenvalue weighted by atomic mass is 16.5. The summed E-state index contributed by atoms with van der Waals surface area (Å²) in [7, 11) is 1.64. The van der Waals surface area contributed by atoms with Crippen molar-refractivity contribution in [3.8, 4) is 0 Å². The Hall–Kier alpha value is -2.26. The average molecular weight is 597 g/mol. The molecule has 4 rings (SSSR count). The Morgan fingerprint density at radius 1 is 1.21 bits per heavy atom. The van der Waals surface area contributed by atoms with Crippen molar-refractivity contribution in [3.63, 3.8) is 0 Å². The zero-order valence-corrected chi connectivity index (χ0v) is 26.5. The molecule has 43 heavy (non-hydrogen) atoms. The van der Waals surface area contributed by atoms with Crippen molar-refractivity contribution in [1.29, 1.82) is 0 Å². The molecule has 0 amide bonds. The van der Waals surface area contributed by atoms with E-state index in [1.165, 1.54) is 24.5 Å². The van der Waals surface area contributed by atoms with Gasteiger partial charge in [0, 0.05) is 45.1 Å². The summed E-state index contributed by atoms with van der Waals surface area (Å²) >= 11 is 0. The Labute approximate surface area is 258 Å². The SMILES string of the molecule is COC1CC(CCC(=O)C[C@@H](CC[C@]2(CC3=C(CCC4CCNC(N)C4)[CH+]N=C3)C=CC=C[C@H]2C)OC(C)=O)CCC1O. The molecule has 0 aromatic carbocycles. The van der Waals surface area contributed by atoms with Crippen molar-refractivity contribution in [1.82, 2.24) is 5.32 Å². The maximum atomic E-state index is 13.1. The molecule has 2 aliphatic carbocycles. The Kier molecular flexibility index (Phi) is 12.6. The number of hydrogen-bond acceptors (Lipinski definition) is 8. The maximum absolute atomic E-state index is 13.1. The van der Waals surface area contributed by atoms with Crippen molar-refractivity contribution >= 4 is 18.0 Å². The van der Waals surface area contributed by atoms with Gasteiger partial charge in [-0.3, -0.25) is 9.59 Å². The molecular formula is C35H54N3O5+. The van der Waals surface area contributed by atoms with Crippen LogP contribution in [0.3, 0.4) is 0 Å². The number of methoxy groups -OCH3 is 1. The third-order valence-corrected chi connectivity index (χ3v) is 10.3. The van der Waals surface area contributed by atoms with Gasteiger partial charge in [-0.1, -0.05) is 31.2 Å². The third kappa shape index (κ3) is 9.87. The first-order valence-corrected chi connectivity index (χ1v) is 16.5. The van der Waals surface area contributed by atoms with Gasteiger partial charge in [0.1, 0.15) is 24.0 Å². The highest BCUT2D eigenvalue weighted by Gasteiger charge is 2.39. The molecule has 8 nitrogen and oxygen atoms in total. The van der Waals surface area contributed by atoms with Crippen molar-refractivity contribution in [2.75, 3.05) is 13.7 Å².